The average molecular weight is 429 g/mol. The van der Waals surface area contributed by atoms with Crippen LogP contribution in [0.1, 0.15) is 18.9 Å². The zero-order valence-electron chi connectivity index (χ0n) is 14.3. The molecule has 144 valence electrons. The summed E-state index contributed by atoms with van der Waals surface area (Å²) in [4.78, 5) is 11.4. The van der Waals surface area contributed by atoms with Gasteiger partial charge >= 0.3 is 0 Å². The van der Waals surface area contributed by atoms with E-state index in [-0.39, 0.29) is 45.7 Å². The Morgan fingerprint density at radius 3 is 2.37 bits per heavy atom. The molecule has 0 aromatic heterocycles. The molecule has 2 aromatic carbocycles. The van der Waals surface area contributed by atoms with Gasteiger partial charge in [-0.1, -0.05) is 18.5 Å². The van der Waals surface area contributed by atoms with E-state index < -0.39 is 19.9 Å². The van der Waals surface area contributed by atoms with Crippen molar-refractivity contribution in [3.8, 4) is 0 Å². The van der Waals surface area contributed by atoms with Crippen molar-refractivity contribution in [2.45, 2.75) is 29.6 Å². The Morgan fingerprint density at radius 2 is 1.74 bits per heavy atom. The molecule has 0 fully saturated rings. The van der Waals surface area contributed by atoms with Gasteiger partial charge in [-0.05, 0) is 48.4 Å². The lowest BCUT2D eigenvalue weighted by molar-refractivity contribution is -0.116. The van der Waals surface area contributed by atoms with E-state index in [4.69, 9.17) is 11.6 Å². The first kappa shape index (κ1) is 19.7. The number of hydrogen-bond donors (Lipinski definition) is 2. The molecule has 0 radical (unpaired) electrons. The summed E-state index contributed by atoms with van der Waals surface area (Å²) in [6.45, 7) is 1.47. The van der Waals surface area contributed by atoms with Gasteiger partial charge in [-0.15, -0.1) is 0 Å². The summed E-state index contributed by atoms with van der Waals surface area (Å²) in [6.07, 6.45) is 0.320. The fourth-order valence-electron chi connectivity index (χ4n) is 2.75. The second kappa shape index (κ2) is 7.14. The lowest BCUT2D eigenvalue weighted by Gasteiger charge is -2.22. The van der Waals surface area contributed by atoms with Crippen LogP contribution < -0.4 is 10.0 Å². The molecule has 7 nitrogen and oxygen atoms in total. The lowest BCUT2D eigenvalue weighted by Crippen LogP contribution is -2.24. The summed E-state index contributed by atoms with van der Waals surface area (Å²) in [6, 6.07) is 8.53. The number of hydrogen-bond acceptors (Lipinski definition) is 5. The predicted molar refractivity (Wildman–Crippen MR) is 103 cm³/mol. The lowest BCUT2D eigenvalue weighted by atomic mass is 10.0. The van der Waals surface area contributed by atoms with Crippen molar-refractivity contribution >= 4 is 48.7 Å². The number of carbonyl (C=O) groups is 1. The summed E-state index contributed by atoms with van der Waals surface area (Å²) in [5, 5.41) is 3.02. The van der Waals surface area contributed by atoms with Crippen LogP contribution in [-0.2, 0) is 31.1 Å². The molecule has 0 saturated carbocycles. The molecule has 3 rings (SSSR count). The van der Waals surface area contributed by atoms with E-state index in [0.29, 0.717) is 10.6 Å². The van der Waals surface area contributed by atoms with Gasteiger partial charge in [0.25, 0.3) is 10.0 Å². The third kappa shape index (κ3) is 4.10. The summed E-state index contributed by atoms with van der Waals surface area (Å²) in [5.74, 6) is -0.480. The standard InChI is InChI=1S/C17H17ClN2O5S2/c1-2-26(22,23)13-9-15-14(7-8-17(21)19-15)16(10-13)27(24,25)20-12-5-3-11(18)4-6-12/h3-6,9-10,20H,2,7-8H2,1H3,(H,19,21). The molecular formula is C17H17ClN2O5S2. The van der Waals surface area contributed by atoms with Gasteiger partial charge in [0.2, 0.25) is 5.91 Å². The second-order valence-electron chi connectivity index (χ2n) is 6.01. The van der Waals surface area contributed by atoms with Gasteiger partial charge in [0.05, 0.1) is 15.5 Å². The average Bonchev–Trinajstić information content (AvgIpc) is 2.62. The third-order valence-electron chi connectivity index (χ3n) is 4.18. The third-order valence-corrected chi connectivity index (χ3v) is 7.60. The molecule has 1 aliphatic rings. The summed E-state index contributed by atoms with van der Waals surface area (Å²) >= 11 is 5.81. The maximum Gasteiger partial charge on any atom is 0.262 e. The molecule has 0 aliphatic carbocycles. The largest absolute Gasteiger partial charge is 0.326 e. The summed E-state index contributed by atoms with van der Waals surface area (Å²) < 4.78 is 52.9. The van der Waals surface area contributed by atoms with Crippen LogP contribution in [0.25, 0.3) is 0 Å². The molecular weight excluding hydrogens is 412 g/mol. The van der Waals surface area contributed by atoms with Crippen molar-refractivity contribution in [3.05, 3.63) is 47.0 Å². The van der Waals surface area contributed by atoms with Gasteiger partial charge in [0, 0.05) is 22.8 Å². The van der Waals surface area contributed by atoms with E-state index >= 15 is 0 Å². The van der Waals surface area contributed by atoms with Crippen LogP contribution in [-0.4, -0.2) is 28.5 Å². The SMILES string of the molecule is CCS(=O)(=O)c1cc2c(c(S(=O)(=O)Nc3ccc(Cl)cc3)c1)CCC(=O)N2. The number of sulfone groups is 1. The Morgan fingerprint density at radius 1 is 1.07 bits per heavy atom. The van der Waals surface area contributed by atoms with Crippen LogP contribution >= 0.6 is 11.6 Å². The Balaban J connectivity index is 2.15. The number of amides is 1. The smallest absolute Gasteiger partial charge is 0.262 e. The molecule has 1 amide bonds. The normalized spacial score (nSPS) is 14.4. The predicted octanol–water partition coefficient (Wildman–Crippen LogP) is 2.82. The highest BCUT2D eigenvalue weighted by atomic mass is 35.5. The molecule has 0 spiro atoms. The molecule has 0 bridgehead atoms. The van der Waals surface area contributed by atoms with Crippen LogP contribution in [0.3, 0.4) is 0 Å². The topological polar surface area (TPSA) is 109 Å². The van der Waals surface area contributed by atoms with Crippen LogP contribution in [0.5, 0.6) is 0 Å². The van der Waals surface area contributed by atoms with E-state index in [1.807, 2.05) is 0 Å². The van der Waals surface area contributed by atoms with Crippen molar-refractivity contribution in [3.63, 3.8) is 0 Å². The zero-order chi connectivity index (χ0) is 19.8. The maximum absolute atomic E-state index is 13.0. The van der Waals surface area contributed by atoms with Gasteiger partial charge in [-0.3, -0.25) is 9.52 Å². The Labute approximate surface area is 162 Å². The number of halogens is 1. The molecule has 27 heavy (non-hydrogen) atoms. The van der Waals surface area contributed by atoms with E-state index in [9.17, 15) is 21.6 Å². The van der Waals surface area contributed by atoms with Crippen LogP contribution in [0.4, 0.5) is 11.4 Å². The first-order valence-electron chi connectivity index (χ1n) is 8.10. The van der Waals surface area contributed by atoms with Crippen molar-refractivity contribution in [2.75, 3.05) is 15.8 Å². The highest BCUT2D eigenvalue weighted by Gasteiger charge is 2.28. The fourth-order valence-corrected chi connectivity index (χ4v) is 5.26. The fraction of sp³-hybridized carbons (Fsp3) is 0.235. The van der Waals surface area contributed by atoms with E-state index in [0.717, 1.165) is 6.07 Å². The van der Waals surface area contributed by atoms with Gasteiger partial charge in [-0.2, -0.15) is 0 Å². The number of rotatable bonds is 5. The van der Waals surface area contributed by atoms with Gasteiger partial charge in [-0.25, -0.2) is 16.8 Å². The first-order valence-corrected chi connectivity index (χ1v) is 11.6. The Bertz CT molecular complexity index is 1110. The number of anilines is 2. The molecule has 0 atom stereocenters. The number of benzene rings is 2. The van der Waals surface area contributed by atoms with Crippen LogP contribution in [0, 0.1) is 0 Å². The molecule has 0 saturated heterocycles. The Hall–Kier alpha value is -2.10. The molecule has 2 N–H and O–H groups in total. The maximum atomic E-state index is 13.0. The van der Waals surface area contributed by atoms with Crippen molar-refractivity contribution in [2.24, 2.45) is 0 Å². The van der Waals surface area contributed by atoms with E-state index in [1.165, 1.54) is 37.3 Å². The number of nitrogens with one attached hydrogen (secondary N) is 2. The Kier molecular flexibility index (Phi) is 5.20. The van der Waals surface area contributed by atoms with E-state index in [1.54, 1.807) is 0 Å². The number of carbonyl (C=O) groups excluding carboxylic acids is 1. The van der Waals surface area contributed by atoms with Crippen molar-refractivity contribution in [1.82, 2.24) is 0 Å². The van der Waals surface area contributed by atoms with Gasteiger partial charge in [0.1, 0.15) is 0 Å². The quantitative estimate of drug-likeness (QED) is 0.760. The zero-order valence-corrected chi connectivity index (χ0v) is 16.7. The monoisotopic (exact) mass is 428 g/mol. The minimum absolute atomic E-state index is 0.121. The number of sulfonamides is 1. The van der Waals surface area contributed by atoms with Crippen LogP contribution in [0.2, 0.25) is 5.02 Å². The molecule has 10 heteroatoms. The number of fused-ring (bicyclic) bond motifs is 1. The van der Waals surface area contributed by atoms with Gasteiger partial charge < -0.3 is 5.32 Å². The summed E-state index contributed by atoms with van der Waals surface area (Å²) in [5.41, 5.74) is 0.875. The molecule has 1 heterocycles. The minimum atomic E-state index is -4.08. The molecule has 1 aliphatic heterocycles. The second-order valence-corrected chi connectivity index (χ2v) is 10.4. The van der Waals surface area contributed by atoms with Crippen molar-refractivity contribution in [1.29, 1.82) is 0 Å². The summed E-state index contributed by atoms with van der Waals surface area (Å²) in [7, 11) is -7.76. The minimum Gasteiger partial charge on any atom is -0.326 e. The van der Waals surface area contributed by atoms with E-state index in [2.05, 4.69) is 10.0 Å². The highest BCUT2D eigenvalue weighted by molar-refractivity contribution is 7.93. The first-order chi connectivity index (χ1) is 12.6. The highest BCUT2D eigenvalue weighted by Crippen LogP contribution is 2.33. The van der Waals surface area contributed by atoms with Crippen LogP contribution in [0.15, 0.2) is 46.2 Å². The molecule has 0 unspecified atom stereocenters. The molecule has 2 aromatic rings. The van der Waals surface area contributed by atoms with Crippen molar-refractivity contribution < 1.29 is 21.6 Å². The van der Waals surface area contributed by atoms with Gasteiger partial charge in [0.15, 0.2) is 9.84 Å².